The SMILES string of the molecule is CC(C)[C@H](C(=O)Nc1ccc(Cl)c(C(F)(F)F)c1)N1C(=O)c2ccccc2C1=O. The van der Waals surface area contributed by atoms with Crippen LogP contribution in [-0.2, 0) is 11.0 Å². The lowest BCUT2D eigenvalue weighted by molar-refractivity contribution is -0.137. The summed E-state index contributed by atoms with van der Waals surface area (Å²) >= 11 is 5.59. The summed E-state index contributed by atoms with van der Waals surface area (Å²) in [6.45, 7) is 3.27. The van der Waals surface area contributed by atoms with E-state index in [1.807, 2.05) is 0 Å². The molecule has 1 aliphatic heterocycles. The Labute approximate surface area is 169 Å². The van der Waals surface area contributed by atoms with E-state index in [-0.39, 0.29) is 16.8 Å². The average Bonchev–Trinajstić information content (AvgIpc) is 2.88. The van der Waals surface area contributed by atoms with Crippen LogP contribution in [-0.4, -0.2) is 28.7 Å². The predicted molar refractivity (Wildman–Crippen MR) is 101 cm³/mol. The van der Waals surface area contributed by atoms with Crippen LogP contribution in [0.25, 0.3) is 0 Å². The van der Waals surface area contributed by atoms with Crippen LogP contribution in [0, 0.1) is 5.92 Å². The van der Waals surface area contributed by atoms with Crippen molar-refractivity contribution in [3.63, 3.8) is 0 Å². The molecule has 1 heterocycles. The van der Waals surface area contributed by atoms with Crippen molar-refractivity contribution < 1.29 is 27.6 Å². The zero-order valence-corrected chi connectivity index (χ0v) is 16.1. The number of hydrogen-bond donors (Lipinski definition) is 1. The standard InChI is InChI=1S/C20H16ClF3N2O3/c1-10(2)16(26-18(28)12-5-3-4-6-13(12)19(26)29)17(27)25-11-7-8-15(21)14(9-11)20(22,23)24/h3-10,16H,1-2H3,(H,25,27)/t16-/m1/s1. The third-order valence-corrected chi connectivity index (χ3v) is 4.87. The molecule has 1 atom stereocenters. The van der Waals surface area contributed by atoms with Crippen molar-refractivity contribution in [1.82, 2.24) is 4.90 Å². The van der Waals surface area contributed by atoms with E-state index in [2.05, 4.69) is 5.32 Å². The van der Waals surface area contributed by atoms with Gasteiger partial charge in [-0.25, -0.2) is 0 Å². The molecule has 0 unspecified atom stereocenters. The maximum Gasteiger partial charge on any atom is 0.417 e. The molecule has 0 aromatic heterocycles. The molecule has 0 saturated carbocycles. The fourth-order valence-electron chi connectivity index (χ4n) is 3.22. The van der Waals surface area contributed by atoms with Crippen LogP contribution < -0.4 is 5.32 Å². The Morgan fingerprint density at radius 2 is 1.59 bits per heavy atom. The first-order valence-corrected chi connectivity index (χ1v) is 9.04. The first kappa shape index (κ1) is 20.9. The van der Waals surface area contributed by atoms with E-state index < -0.39 is 46.4 Å². The summed E-state index contributed by atoms with van der Waals surface area (Å²) in [7, 11) is 0. The Balaban J connectivity index is 1.91. The van der Waals surface area contributed by atoms with E-state index in [0.717, 1.165) is 11.0 Å². The van der Waals surface area contributed by atoms with E-state index in [1.165, 1.54) is 18.2 Å². The van der Waals surface area contributed by atoms with E-state index in [0.29, 0.717) is 6.07 Å². The van der Waals surface area contributed by atoms with Crippen molar-refractivity contribution in [3.05, 3.63) is 64.2 Å². The molecule has 0 aliphatic carbocycles. The summed E-state index contributed by atoms with van der Waals surface area (Å²) < 4.78 is 39.2. The fraction of sp³-hybridized carbons (Fsp3) is 0.250. The number of carbonyl (C=O) groups excluding carboxylic acids is 3. The zero-order valence-electron chi connectivity index (χ0n) is 15.4. The minimum absolute atomic E-state index is 0.144. The summed E-state index contributed by atoms with van der Waals surface area (Å²) in [5.74, 6) is -2.49. The Morgan fingerprint density at radius 3 is 2.07 bits per heavy atom. The number of imide groups is 1. The van der Waals surface area contributed by atoms with E-state index in [9.17, 15) is 27.6 Å². The van der Waals surface area contributed by atoms with Gasteiger partial charge in [-0.3, -0.25) is 19.3 Å². The highest BCUT2D eigenvalue weighted by Gasteiger charge is 2.44. The number of anilines is 1. The maximum atomic E-state index is 13.1. The van der Waals surface area contributed by atoms with Gasteiger partial charge in [0.2, 0.25) is 5.91 Å². The van der Waals surface area contributed by atoms with Crippen molar-refractivity contribution in [2.75, 3.05) is 5.32 Å². The molecular formula is C20H16ClF3N2O3. The molecule has 0 radical (unpaired) electrons. The highest BCUT2D eigenvalue weighted by atomic mass is 35.5. The first-order chi connectivity index (χ1) is 13.5. The van der Waals surface area contributed by atoms with Crippen LogP contribution in [0.5, 0.6) is 0 Å². The third kappa shape index (κ3) is 3.85. The number of nitrogens with one attached hydrogen (secondary N) is 1. The first-order valence-electron chi connectivity index (χ1n) is 8.67. The van der Waals surface area contributed by atoms with Crippen molar-refractivity contribution in [2.45, 2.75) is 26.1 Å². The van der Waals surface area contributed by atoms with Crippen LogP contribution in [0.1, 0.15) is 40.1 Å². The molecule has 0 fully saturated rings. The molecule has 0 bridgehead atoms. The van der Waals surface area contributed by atoms with E-state index in [4.69, 9.17) is 11.6 Å². The smallest absolute Gasteiger partial charge is 0.324 e. The molecule has 152 valence electrons. The fourth-order valence-corrected chi connectivity index (χ4v) is 3.44. The molecule has 1 N–H and O–H groups in total. The Kier molecular flexibility index (Phi) is 5.40. The molecule has 0 spiro atoms. The predicted octanol–water partition coefficient (Wildman–Crippen LogP) is 4.62. The lowest BCUT2D eigenvalue weighted by atomic mass is 10.0. The minimum Gasteiger partial charge on any atom is -0.324 e. The van der Waals surface area contributed by atoms with Crippen LogP contribution >= 0.6 is 11.6 Å². The monoisotopic (exact) mass is 424 g/mol. The number of carbonyl (C=O) groups is 3. The molecular weight excluding hydrogens is 409 g/mol. The lowest BCUT2D eigenvalue weighted by Crippen LogP contribution is -2.50. The minimum atomic E-state index is -4.70. The second-order valence-electron chi connectivity index (χ2n) is 6.90. The van der Waals surface area contributed by atoms with Gasteiger partial charge in [0.25, 0.3) is 11.8 Å². The Morgan fingerprint density at radius 1 is 1.03 bits per heavy atom. The van der Waals surface area contributed by atoms with E-state index in [1.54, 1.807) is 26.0 Å². The Bertz CT molecular complexity index is 970. The van der Waals surface area contributed by atoms with Gasteiger partial charge in [0.05, 0.1) is 21.7 Å². The maximum absolute atomic E-state index is 13.1. The normalized spacial score (nSPS) is 14.9. The van der Waals surface area contributed by atoms with Gasteiger partial charge in [0.1, 0.15) is 6.04 Å². The van der Waals surface area contributed by atoms with Gasteiger partial charge in [-0.05, 0) is 36.2 Å². The van der Waals surface area contributed by atoms with Crippen LogP contribution in [0.3, 0.4) is 0 Å². The molecule has 3 amide bonds. The number of alkyl halides is 3. The van der Waals surface area contributed by atoms with Gasteiger partial charge >= 0.3 is 6.18 Å². The molecule has 3 rings (SSSR count). The second-order valence-corrected chi connectivity index (χ2v) is 7.30. The summed E-state index contributed by atoms with van der Waals surface area (Å²) in [5, 5.41) is 1.86. The number of fused-ring (bicyclic) bond motifs is 1. The quantitative estimate of drug-likeness (QED) is 0.728. The number of benzene rings is 2. The summed E-state index contributed by atoms with van der Waals surface area (Å²) in [5.41, 5.74) is -0.878. The van der Waals surface area contributed by atoms with Gasteiger partial charge in [0, 0.05) is 5.69 Å². The molecule has 1 aliphatic rings. The number of nitrogens with zero attached hydrogens (tertiary/aromatic N) is 1. The number of halogens is 4. The molecule has 2 aromatic rings. The van der Waals surface area contributed by atoms with Crippen molar-refractivity contribution in [3.8, 4) is 0 Å². The zero-order chi connectivity index (χ0) is 21.5. The molecule has 29 heavy (non-hydrogen) atoms. The van der Waals surface area contributed by atoms with Crippen LogP contribution in [0.15, 0.2) is 42.5 Å². The van der Waals surface area contributed by atoms with Gasteiger partial charge in [-0.1, -0.05) is 37.6 Å². The van der Waals surface area contributed by atoms with Crippen molar-refractivity contribution in [2.24, 2.45) is 5.92 Å². The summed E-state index contributed by atoms with van der Waals surface area (Å²) in [6, 6.07) is 7.92. The van der Waals surface area contributed by atoms with Crippen molar-refractivity contribution >= 4 is 35.0 Å². The van der Waals surface area contributed by atoms with Crippen LogP contribution in [0.2, 0.25) is 5.02 Å². The summed E-state index contributed by atoms with van der Waals surface area (Å²) in [4.78, 5) is 39.1. The van der Waals surface area contributed by atoms with Crippen LogP contribution in [0.4, 0.5) is 18.9 Å². The number of amides is 3. The number of hydrogen-bond acceptors (Lipinski definition) is 3. The third-order valence-electron chi connectivity index (χ3n) is 4.54. The Hall–Kier alpha value is -2.87. The lowest BCUT2D eigenvalue weighted by Gasteiger charge is -2.28. The molecule has 5 nitrogen and oxygen atoms in total. The number of rotatable bonds is 4. The highest BCUT2D eigenvalue weighted by molar-refractivity contribution is 6.31. The van der Waals surface area contributed by atoms with Gasteiger partial charge in [-0.2, -0.15) is 13.2 Å². The molecule has 2 aromatic carbocycles. The van der Waals surface area contributed by atoms with Gasteiger partial charge in [0.15, 0.2) is 0 Å². The van der Waals surface area contributed by atoms with Gasteiger partial charge < -0.3 is 5.32 Å². The molecule has 9 heteroatoms. The second kappa shape index (κ2) is 7.51. The largest absolute Gasteiger partial charge is 0.417 e. The summed E-state index contributed by atoms with van der Waals surface area (Å²) in [6.07, 6.45) is -4.70. The topological polar surface area (TPSA) is 66.5 Å². The van der Waals surface area contributed by atoms with Gasteiger partial charge in [-0.15, -0.1) is 0 Å². The highest BCUT2D eigenvalue weighted by Crippen LogP contribution is 2.36. The van der Waals surface area contributed by atoms with E-state index >= 15 is 0 Å². The molecule has 0 saturated heterocycles. The van der Waals surface area contributed by atoms with Crippen molar-refractivity contribution in [1.29, 1.82) is 0 Å². The average molecular weight is 425 g/mol.